The normalized spacial score (nSPS) is 11.3. The first-order valence-electron chi connectivity index (χ1n) is 2.51. The number of rotatable bonds is 2. The van der Waals surface area contributed by atoms with E-state index in [0.717, 1.165) is 6.42 Å². The van der Waals surface area contributed by atoms with Gasteiger partial charge in [0.15, 0.2) is 0 Å². The molecule has 0 amide bonds. The van der Waals surface area contributed by atoms with Crippen LogP contribution in [-0.2, 0) is 3.08 Å². The van der Waals surface area contributed by atoms with E-state index in [1.54, 1.807) is 0 Å². The fourth-order valence-electron chi connectivity index (χ4n) is 0.0722. The molecule has 0 spiro atoms. The molecule has 0 aromatic heterocycles. The van der Waals surface area contributed by atoms with Crippen molar-refractivity contribution >= 4 is 21.1 Å². The standard InChI is InChI=1S/C5H11.O.Sn/c1-4-5(2)3;;/h4H2,1-3H3;;. The molecule has 7 heavy (non-hydrogen) atoms. The summed E-state index contributed by atoms with van der Waals surface area (Å²) < 4.78 is 10.6. The molecule has 1 radical (unpaired) electrons. The summed E-state index contributed by atoms with van der Waals surface area (Å²) in [4.78, 5) is 0. The van der Waals surface area contributed by atoms with Crippen LogP contribution in [0.4, 0.5) is 0 Å². The third-order valence-corrected chi connectivity index (χ3v) is 3.75. The summed E-state index contributed by atoms with van der Waals surface area (Å²) in [6.07, 6.45) is 1.06. The molecule has 0 heterocycles. The topological polar surface area (TPSA) is 17.1 Å². The van der Waals surface area contributed by atoms with E-state index in [1.807, 2.05) is 0 Å². The fraction of sp³-hybridized carbons (Fsp3) is 1.00. The van der Waals surface area contributed by atoms with Crippen LogP contribution in [0.15, 0.2) is 0 Å². The van der Waals surface area contributed by atoms with Crippen molar-refractivity contribution in [2.24, 2.45) is 0 Å². The van der Waals surface area contributed by atoms with Crippen LogP contribution in [0.1, 0.15) is 27.2 Å². The van der Waals surface area contributed by atoms with Crippen molar-refractivity contribution < 1.29 is 3.08 Å². The van der Waals surface area contributed by atoms with Crippen molar-refractivity contribution in [2.45, 2.75) is 30.6 Å². The van der Waals surface area contributed by atoms with Crippen LogP contribution in [0.3, 0.4) is 0 Å². The van der Waals surface area contributed by atoms with Gasteiger partial charge in [-0.25, -0.2) is 0 Å². The Labute approximate surface area is 55.1 Å². The Bertz CT molecular complexity index is 68.5. The molecule has 1 nitrogen and oxygen atoms in total. The van der Waals surface area contributed by atoms with Gasteiger partial charge >= 0.3 is 54.8 Å². The van der Waals surface area contributed by atoms with Gasteiger partial charge in [-0.2, -0.15) is 0 Å². The van der Waals surface area contributed by atoms with Gasteiger partial charge in [0, 0.05) is 0 Å². The zero-order valence-corrected chi connectivity index (χ0v) is 7.97. The van der Waals surface area contributed by atoms with Crippen LogP contribution < -0.4 is 0 Å². The van der Waals surface area contributed by atoms with E-state index in [0.29, 0.717) is 0 Å². The Hall–Kier alpha value is 0.599. The summed E-state index contributed by atoms with van der Waals surface area (Å²) in [5.74, 6) is 0. The molecular weight excluding hydrogens is 195 g/mol. The summed E-state index contributed by atoms with van der Waals surface area (Å²) in [6, 6.07) is 0. The van der Waals surface area contributed by atoms with Gasteiger partial charge in [0.25, 0.3) is 0 Å². The first-order valence-corrected chi connectivity index (χ1v) is 5.11. The Morgan fingerprint density at radius 1 is 1.57 bits per heavy atom. The van der Waals surface area contributed by atoms with Gasteiger partial charge in [0.05, 0.1) is 0 Å². The summed E-state index contributed by atoms with van der Waals surface area (Å²) in [7, 11) is 0. The van der Waals surface area contributed by atoms with Gasteiger partial charge in [0.2, 0.25) is 0 Å². The number of hydrogen-bond donors (Lipinski definition) is 0. The minimum atomic E-state index is -1.24. The molecule has 2 heteroatoms. The quantitative estimate of drug-likeness (QED) is 0.627. The Kier molecular flexibility index (Phi) is 3.04. The van der Waals surface area contributed by atoms with Crippen LogP contribution in [0.25, 0.3) is 0 Å². The Balaban J connectivity index is 3.58. The van der Waals surface area contributed by atoms with Crippen LogP contribution >= 0.6 is 0 Å². The zero-order chi connectivity index (χ0) is 5.91. The predicted octanol–water partition coefficient (Wildman–Crippen LogP) is 1.64. The van der Waals surface area contributed by atoms with Crippen LogP contribution in [-0.4, -0.2) is 21.1 Å². The summed E-state index contributed by atoms with van der Waals surface area (Å²) in [5.41, 5.74) is 0. The van der Waals surface area contributed by atoms with E-state index in [1.165, 1.54) is 0 Å². The number of hydrogen-bond acceptors (Lipinski definition) is 1. The Morgan fingerprint density at radius 3 is 2.00 bits per heavy atom. The van der Waals surface area contributed by atoms with Crippen molar-refractivity contribution in [2.75, 3.05) is 0 Å². The van der Waals surface area contributed by atoms with Crippen molar-refractivity contribution in [1.82, 2.24) is 0 Å². The molecule has 0 N–H and O–H groups in total. The molecule has 0 unspecified atom stereocenters. The molecule has 0 rings (SSSR count). The van der Waals surface area contributed by atoms with Crippen molar-refractivity contribution in [3.63, 3.8) is 0 Å². The van der Waals surface area contributed by atoms with E-state index in [4.69, 9.17) is 0 Å². The molecule has 0 saturated heterocycles. The SMILES string of the molecule is CC[C](C)(C)[Sn]=[O]. The van der Waals surface area contributed by atoms with E-state index < -0.39 is 21.1 Å². The minimum absolute atomic E-state index is 0.198. The Morgan fingerprint density at radius 2 is 2.00 bits per heavy atom. The fourth-order valence-corrected chi connectivity index (χ4v) is 0.484. The average molecular weight is 206 g/mol. The third-order valence-electron chi connectivity index (χ3n) is 1.16. The van der Waals surface area contributed by atoms with Crippen LogP contribution in [0.2, 0.25) is 3.43 Å². The van der Waals surface area contributed by atoms with Gasteiger partial charge in [-0.05, 0) is 0 Å². The molecule has 0 atom stereocenters. The van der Waals surface area contributed by atoms with Gasteiger partial charge in [-0.3, -0.25) is 0 Å². The molecule has 0 saturated carbocycles. The molecule has 0 aliphatic rings. The third kappa shape index (κ3) is 3.20. The van der Waals surface area contributed by atoms with Crippen LogP contribution in [0, 0.1) is 0 Å². The van der Waals surface area contributed by atoms with Crippen molar-refractivity contribution in [3.8, 4) is 0 Å². The summed E-state index contributed by atoms with van der Waals surface area (Å²) in [5, 5.41) is 0. The summed E-state index contributed by atoms with van der Waals surface area (Å²) >= 11 is -1.24. The van der Waals surface area contributed by atoms with Crippen molar-refractivity contribution in [1.29, 1.82) is 0 Å². The van der Waals surface area contributed by atoms with Crippen molar-refractivity contribution in [3.05, 3.63) is 0 Å². The first kappa shape index (κ1) is 7.60. The van der Waals surface area contributed by atoms with Gasteiger partial charge < -0.3 is 0 Å². The molecular formula is C5H11OSn. The first-order chi connectivity index (χ1) is 3.12. The second-order valence-electron chi connectivity index (χ2n) is 2.34. The molecule has 0 aromatic carbocycles. The molecule has 0 aliphatic heterocycles. The van der Waals surface area contributed by atoms with Gasteiger partial charge in [0.1, 0.15) is 0 Å². The van der Waals surface area contributed by atoms with Gasteiger partial charge in [-0.15, -0.1) is 0 Å². The molecule has 0 bridgehead atoms. The molecule has 0 aromatic rings. The monoisotopic (exact) mass is 207 g/mol. The van der Waals surface area contributed by atoms with Crippen LogP contribution in [0.5, 0.6) is 0 Å². The molecule has 0 fully saturated rings. The summed E-state index contributed by atoms with van der Waals surface area (Å²) in [6.45, 7) is 6.21. The van der Waals surface area contributed by atoms with E-state index in [-0.39, 0.29) is 3.43 Å². The van der Waals surface area contributed by atoms with Gasteiger partial charge in [-0.1, -0.05) is 0 Å². The molecule has 0 aliphatic carbocycles. The zero-order valence-electron chi connectivity index (χ0n) is 5.12. The predicted molar refractivity (Wildman–Crippen MR) is 30.8 cm³/mol. The maximum absolute atomic E-state index is 10.4. The van der Waals surface area contributed by atoms with E-state index in [9.17, 15) is 3.08 Å². The second kappa shape index (κ2) is 2.80. The van der Waals surface area contributed by atoms with E-state index >= 15 is 0 Å². The maximum atomic E-state index is 10.4. The van der Waals surface area contributed by atoms with E-state index in [2.05, 4.69) is 20.8 Å². The average Bonchev–Trinajstić information content (AvgIpc) is 1.68. The molecule has 41 valence electrons. The second-order valence-corrected chi connectivity index (χ2v) is 6.79.